The van der Waals surface area contributed by atoms with Gasteiger partial charge in [0, 0.05) is 29.3 Å². The SMILES string of the molecule is COc1ccc(NC(=O)c2cc(Nc3cc(C)cc(C)c3)ccn2)cc1OC. The minimum atomic E-state index is -0.309. The fourth-order valence-corrected chi connectivity index (χ4v) is 2.96. The van der Waals surface area contributed by atoms with Gasteiger partial charge in [0.25, 0.3) is 5.91 Å². The van der Waals surface area contributed by atoms with Crippen molar-refractivity contribution in [2.45, 2.75) is 13.8 Å². The monoisotopic (exact) mass is 377 g/mol. The summed E-state index contributed by atoms with van der Waals surface area (Å²) in [6.07, 6.45) is 1.61. The van der Waals surface area contributed by atoms with Crippen molar-refractivity contribution in [3.05, 3.63) is 71.5 Å². The first kappa shape index (κ1) is 19.2. The highest BCUT2D eigenvalue weighted by Gasteiger charge is 2.11. The zero-order valence-electron chi connectivity index (χ0n) is 16.4. The quantitative estimate of drug-likeness (QED) is 0.651. The smallest absolute Gasteiger partial charge is 0.274 e. The maximum atomic E-state index is 12.6. The number of aryl methyl sites for hydroxylation is 2. The van der Waals surface area contributed by atoms with Crippen LogP contribution in [0, 0.1) is 13.8 Å². The molecule has 3 aromatic rings. The summed E-state index contributed by atoms with van der Waals surface area (Å²) in [5, 5.41) is 6.15. The van der Waals surface area contributed by atoms with Crippen molar-refractivity contribution in [2.24, 2.45) is 0 Å². The van der Waals surface area contributed by atoms with E-state index in [2.05, 4.69) is 33.8 Å². The lowest BCUT2D eigenvalue weighted by Gasteiger charge is -2.11. The van der Waals surface area contributed by atoms with Gasteiger partial charge in [0.1, 0.15) is 5.69 Å². The first-order valence-corrected chi connectivity index (χ1v) is 8.83. The van der Waals surface area contributed by atoms with Crippen LogP contribution in [0.5, 0.6) is 11.5 Å². The van der Waals surface area contributed by atoms with E-state index in [1.165, 1.54) is 11.1 Å². The lowest BCUT2D eigenvalue weighted by Crippen LogP contribution is -2.14. The van der Waals surface area contributed by atoms with Crippen molar-refractivity contribution < 1.29 is 14.3 Å². The van der Waals surface area contributed by atoms with Crippen LogP contribution < -0.4 is 20.1 Å². The van der Waals surface area contributed by atoms with Crippen LogP contribution in [0.25, 0.3) is 0 Å². The molecule has 0 saturated heterocycles. The molecule has 3 rings (SSSR count). The van der Waals surface area contributed by atoms with E-state index < -0.39 is 0 Å². The minimum Gasteiger partial charge on any atom is -0.493 e. The van der Waals surface area contributed by atoms with Gasteiger partial charge in [0.05, 0.1) is 14.2 Å². The second kappa shape index (κ2) is 8.43. The summed E-state index contributed by atoms with van der Waals surface area (Å²) in [5.74, 6) is 0.827. The van der Waals surface area contributed by atoms with Crippen molar-refractivity contribution in [3.8, 4) is 11.5 Å². The average molecular weight is 377 g/mol. The van der Waals surface area contributed by atoms with Crippen molar-refractivity contribution in [2.75, 3.05) is 24.9 Å². The van der Waals surface area contributed by atoms with E-state index in [9.17, 15) is 4.79 Å². The first-order chi connectivity index (χ1) is 13.5. The molecule has 144 valence electrons. The second-order valence-electron chi connectivity index (χ2n) is 6.46. The molecule has 0 aliphatic rings. The van der Waals surface area contributed by atoms with E-state index in [0.29, 0.717) is 22.9 Å². The molecule has 0 unspecified atom stereocenters. The number of nitrogens with one attached hydrogen (secondary N) is 2. The maximum Gasteiger partial charge on any atom is 0.274 e. The molecular formula is C22H23N3O3. The van der Waals surface area contributed by atoms with Gasteiger partial charge < -0.3 is 20.1 Å². The van der Waals surface area contributed by atoms with Gasteiger partial charge in [0.15, 0.2) is 11.5 Å². The fraction of sp³-hybridized carbons (Fsp3) is 0.182. The number of nitrogens with zero attached hydrogens (tertiary/aromatic N) is 1. The zero-order valence-corrected chi connectivity index (χ0v) is 16.4. The molecule has 0 fully saturated rings. The van der Waals surface area contributed by atoms with E-state index in [0.717, 1.165) is 11.4 Å². The van der Waals surface area contributed by atoms with Gasteiger partial charge in [-0.2, -0.15) is 0 Å². The molecule has 0 bridgehead atoms. The Morgan fingerprint density at radius 1 is 0.821 bits per heavy atom. The number of pyridine rings is 1. The number of carbonyl (C=O) groups is 1. The van der Waals surface area contributed by atoms with E-state index in [4.69, 9.17) is 9.47 Å². The van der Waals surface area contributed by atoms with Crippen molar-refractivity contribution in [1.29, 1.82) is 0 Å². The molecular weight excluding hydrogens is 354 g/mol. The Morgan fingerprint density at radius 2 is 1.54 bits per heavy atom. The number of anilines is 3. The first-order valence-electron chi connectivity index (χ1n) is 8.83. The topological polar surface area (TPSA) is 72.5 Å². The van der Waals surface area contributed by atoms with Gasteiger partial charge in [0.2, 0.25) is 0 Å². The summed E-state index contributed by atoms with van der Waals surface area (Å²) in [6.45, 7) is 4.10. The molecule has 2 aromatic carbocycles. The van der Waals surface area contributed by atoms with Crippen LogP contribution >= 0.6 is 0 Å². The van der Waals surface area contributed by atoms with Crippen molar-refractivity contribution >= 4 is 23.0 Å². The number of amides is 1. The number of methoxy groups -OCH3 is 2. The molecule has 0 spiro atoms. The maximum absolute atomic E-state index is 12.6. The number of aromatic nitrogens is 1. The molecule has 1 aromatic heterocycles. The van der Waals surface area contributed by atoms with Gasteiger partial charge >= 0.3 is 0 Å². The molecule has 6 heteroatoms. The summed E-state index contributed by atoms with van der Waals surface area (Å²) >= 11 is 0. The van der Waals surface area contributed by atoms with Crippen LogP contribution in [0.3, 0.4) is 0 Å². The highest BCUT2D eigenvalue weighted by atomic mass is 16.5. The largest absolute Gasteiger partial charge is 0.493 e. The molecule has 6 nitrogen and oxygen atoms in total. The summed E-state index contributed by atoms with van der Waals surface area (Å²) in [7, 11) is 3.11. The second-order valence-corrected chi connectivity index (χ2v) is 6.46. The number of ether oxygens (including phenoxy) is 2. The van der Waals surface area contributed by atoms with Gasteiger partial charge in [-0.25, -0.2) is 0 Å². The van der Waals surface area contributed by atoms with Gasteiger partial charge in [-0.1, -0.05) is 6.07 Å². The molecule has 1 heterocycles. The fourth-order valence-electron chi connectivity index (χ4n) is 2.96. The Labute approximate surface area is 164 Å². The summed E-state index contributed by atoms with van der Waals surface area (Å²) in [5.41, 5.74) is 5.00. The normalized spacial score (nSPS) is 10.3. The molecule has 0 aliphatic heterocycles. The van der Waals surface area contributed by atoms with E-state index in [1.54, 1.807) is 44.7 Å². The highest BCUT2D eigenvalue weighted by Crippen LogP contribution is 2.30. The lowest BCUT2D eigenvalue weighted by molar-refractivity contribution is 0.102. The number of carbonyl (C=O) groups excluding carboxylic acids is 1. The Bertz CT molecular complexity index is 982. The molecule has 0 saturated carbocycles. The Hall–Kier alpha value is -3.54. The van der Waals surface area contributed by atoms with Gasteiger partial charge in [-0.15, -0.1) is 0 Å². The molecule has 1 amide bonds. The molecule has 0 atom stereocenters. The Balaban J connectivity index is 1.77. The predicted octanol–water partition coefficient (Wildman–Crippen LogP) is 4.71. The van der Waals surface area contributed by atoms with Gasteiger partial charge in [-0.05, 0) is 61.4 Å². The third-order valence-electron chi connectivity index (χ3n) is 4.14. The van der Waals surface area contributed by atoms with E-state index in [1.807, 2.05) is 19.9 Å². The Morgan fingerprint density at radius 3 is 2.21 bits per heavy atom. The third-order valence-corrected chi connectivity index (χ3v) is 4.14. The summed E-state index contributed by atoms with van der Waals surface area (Å²) < 4.78 is 10.5. The van der Waals surface area contributed by atoms with Crippen LogP contribution in [0.15, 0.2) is 54.7 Å². The number of benzene rings is 2. The predicted molar refractivity (Wildman–Crippen MR) is 111 cm³/mol. The highest BCUT2D eigenvalue weighted by molar-refractivity contribution is 6.03. The van der Waals surface area contributed by atoms with Crippen LogP contribution in [0.4, 0.5) is 17.1 Å². The van der Waals surface area contributed by atoms with Gasteiger partial charge in [-0.3, -0.25) is 9.78 Å². The summed E-state index contributed by atoms with van der Waals surface area (Å²) in [4.78, 5) is 16.8. The molecule has 0 radical (unpaired) electrons. The minimum absolute atomic E-state index is 0.309. The van der Waals surface area contributed by atoms with Crippen LogP contribution in [0.1, 0.15) is 21.6 Å². The molecule has 0 aliphatic carbocycles. The zero-order chi connectivity index (χ0) is 20.1. The number of hydrogen-bond donors (Lipinski definition) is 2. The molecule has 2 N–H and O–H groups in total. The molecule has 28 heavy (non-hydrogen) atoms. The van der Waals surface area contributed by atoms with Crippen LogP contribution in [-0.2, 0) is 0 Å². The number of hydrogen-bond acceptors (Lipinski definition) is 5. The van der Waals surface area contributed by atoms with Crippen LogP contribution in [-0.4, -0.2) is 25.1 Å². The van der Waals surface area contributed by atoms with Crippen molar-refractivity contribution in [3.63, 3.8) is 0 Å². The lowest BCUT2D eigenvalue weighted by atomic mass is 10.1. The number of rotatable bonds is 6. The van der Waals surface area contributed by atoms with E-state index >= 15 is 0 Å². The Kier molecular flexibility index (Phi) is 5.79. The standard InChI is InChI=1S/C22H23N3O3/c1-14-9-15(2)11-18(10-14)24-17-7-8-23-19(12-17)22(26)25-16-5-6-20(27-3)21(13-16)28-4/h5-13H,1-4H3,(H,23,24)(H,25,26). The van der Waals surface area contributed by atoms with Crippen LogP contribution in [0.2, 0.25) is 0 Å². The third kappa shape index (κ3) is 4.59. The van der Waals surface area contributed by atoms with Crippen molar-refractivity contribution in [1.82, 2.24) is 4.98 Å². The average Bonchev–Trinajstić information content (AvgIpc) is 2.67. The van der Waals surface area contributed by atoms with E-state index in [-0.39, 0.29) is 5.91 Å². The summed E-state index contributed by atoms with van der Waals surface area (Å²) in [6, 6.07) is 14.9.